The molecule has 0 fully saturated rings. The molecule has 1 aromatic heterocycles. The summed E-state index contributed by atoms with van der Waals surface area (Å²) in [6.07, 6.45) is 1.02. The number of halogens is 1. The van der Waals surface area contributed by atoms with E-state index in [1.165, 1.54) is 22.6 Å². The van der Waals surface area contributed by atoms with Crippen LogP contribution in [-0.2, 0) is 17.8 Å². The van der Waals surface area contributed by atoms with Gasteiger partial charge in [-0.1, -0.05) is 12.1 Å². The van der Waals surface area contributed by atoms with Crippen molar-refractivity contribution in [2.24, 2.45) is 0 Å². The zero-order valence-corrected chi connectivity index (χ0v) is 13.3. The van der Waals surface area contributed by atoms with Gasteiger partial charge in [0.05, 0.1) is 12.6 Å². The number of benzene rings is 1. The number of thiophene rings is 1. The van der Waals surface area contributed by atoms with Crippen LogP contribution in [0.4, 0.5) is 4.39 Å². The molecule has 22 heavy (non-hydrogen) atoms. The Morgan fingerprint density at radius 2 is 2.14 bits per heavy atom. The smallest absolute Gasteiger partial charge is 0.234 e. The van der Waals surface area contributed by atoms with E-state index in [0.29, 0.717) is 6.54 Å². The summed E-state index contributed by atoms with van der Waals surface area (Å²) in [4.78, 5) is 15.8. The minimum Gasteiger partial charge on any atom is -0.348 e. The summed E-state index contributed by atoms with van der Waals surface area (Å²) in [6, 6.07) is 8.28. The van der Waals surface area contributed by atoms with Gasteiger partial charge in [-0.3, -0.25) is 9.69 Å². The Labute approximate surface area is 133 Å². The Bertz CT molecular complexity index is 653. The van der Waals surface area contributed by atoms with E-state index in [2.05, 4.69) is 21.7 Å². The van der Waals surface area contributed by atoms with E-state index in [1.54, 1.807) is 23.5 Å². The third kappa shape index (κ3) is 3.54. The molecule has 5 heteroatoms. The standard InChI is InChI=1S/C17H19FN2OS/c1-12(13-2-4-15(18)5-3-13)19-17(21)11-20-8-6-16-14(10-20)7-9-22-16/h2-5,7,9,12H,6,8,10-11H2,1H3,(H,19,21)/t12-/m1/s1. The molecule has 1 amide bonds. The van der Waals surface area contributed by atoms with Crippen molar-refractivity contribution in [2.45, 2.75) is 25.9 Å². The molecule has 2 aromatic rings. The monoisotopic (exact) mass is 318 g/mol. The predicted octanol–water partition coefficient (Wildman–Crippen LogP) is 3.12. The highest BCUT2D eigenvalue weighted by Gasteiger charge is 2.20. The number of hydrogen-bond acceptors (Lipinski definition) is 3. The van der Waals surface area contributed by atoms with E-state index >= 15 is 0 Å². The number of fused-ring (bicyclic) bond motifs is 1. The van der Waals surface area contributed by atoms with Gasteiger partial charge in [-0.2, -0.15) is 0 Å². The molecule has 0 saturated carbocycles. The SMILES string of the molecule is C[C@@H](NC(=O)CN1CCc2sccc2C1)c1ccc(F)cc1. The molecule has 1 aromatic carbocycles. The Balaban J connectivity index is 1.53. The van der Waals surface area contributed by atoms with Gasteiger partial charge < -0.3 is 5.32 Å². The second kappa shape index (κ2) is 6.58. The first-order valence-electron chi connectivity index (χ1n) is 7.44. The van der Waals surface area contributed by atoms with Gasteiger partial charge in [0.2, 0.25) is 5.91 Å². The third-order valence-electron chi connectivity index (χ3n) is 4.00. The molecule has 116 valence electrons. The van der Waals surface area contributed by atoms with Crippen LogP contribution in [0.2, 0.25) is 0 Å². The van der Waals surface area contributed by atoms with Crippen LogP contribution < -0.4 is 5.32 Å². The molecule has 1 aliphatic rings. The van der Waals surface area contributed by atoms with Crippen molar-refractivity contribution in [3.05, 3.63) is 57.5 Å². The summed E-state index contributed by atoms with van der Waals surface area (Å²) in [5.41, 5.74) is 2.25. The fourth-order valence-electron chi connectivity index (χ4n) is 2.77. The molecule has 0 aliphatic carbocycles. The van der Waals surface area contributed by atoms with Crippen LogP contribution in [0.15, 0.2) is 35.7 Å². The van der Waals surface area contributed by atoms with Crippen molar-refractivity contribution in [1.82, 2.24) is 10.2 Å². The molecule has 3 nitrogen and oxygen atoms in total. The van der Waals surface area contributed by atoms with Crippen molar-refractivity contribution in [3.8, 4) is 0 Å². The van der Waals surface area contributed by atoms with Gasteiger partial charge in [0, 0.05) is 18.0 Å². The predicted molar refractivity (Wildman–Crippen MR) is 86.3 cm³/mol. The summed E-state index contributed by atoms with van der Waals surface area (Å²) in [6.45, 7) is 4.09. The van der Waals surface area contributed by atoms with Gasteiger partial charge in [0.25, 0.3) is 0 Å². The molecule has 1 N–H and O–H groups in total. The maximum Gasteiger partial charge on any atom is 0.234 e. The van der Waals surface area contributed by atoms with Crippen LogP contribution in [0.3, 0.4) is 0 Å². The van der Waals surface area contributed by atoms with Crippen LogP contribution in [0.25, 0.3) is 0 Å². The zero-order valence-electron chi connectivity index (χ0n) is 12.5. The molecule has 0 radical (unpaired) electrons. The molecular formula is C17H19FN2OS. The lowest BCUT2D eigenvalue weighted by Gasteiger charge is -2.26. The van der Waals surface area contributed by atoms with Gasteiger partial charge in [-0.15, -0.1) is 11.3 Å². The van der Waals surface area contributed by atoms with Crippen molar-refractivity contribution in [2.75, 3.05) is 13.1 Å². The van der Waals surface area contributed by atoms with Crippen molar-refractivity contribution >= 4 is 17.2 Å². The van der Waals surface area contributed by atoms with Gasteiger partial charge >= 0.3 is 0 Å². The quantitative estimate of drug-likeness (QED) is 0.939. The Hall–Kier alpha value is -1.72. The maximum absolute atomic E-state index is 12.9. The van der Waals surface area contributed by atoms with Crippen LogP contribution in [-0.4, -0.2) is 23.9 Å². The van der Waals surface area contributed by atoms with E-state index in [-0.39, 0.29) is 17.8 Å². The summed E-state index contributed by atoms with van der Waals surface area (Å²) in [5.74, 6) is -0.252. The minimum absolute atomic E-state index is 0.00973. The number of carbonyl (C=O) groups is 1. The highest BCUT2D eigenvalue weighted by molar-refractivity contribution is 7.10. The van der Waals surface area contributed by atoms with E-state index in [1.807, 2.05) is 6.92 Å². The van der Waals surface area contributed by atoms with Crippen molar-refractivity contribution < 1.29 is 9.18 Å². The molecule has 2 heterocycles. The van der Waals surface area contributed by atoms with Crippen LogP contribution in [0, 0.1) is 5.82 Å². The van der Waals surface area contributed by atoms with Crippen LogP contribution in [0.1, 0.15) is 29.0 Å². The van der Waals surface area contributed by atoms with Crippen molar-refractivity contribution in [1.29, 1.82) is 0 Å². The molecular weight excluding hydrogens is 299 g/mol. The largest absolute Gasteiger partial charge is 0.348 e. The highest BCUT2D eigenvalue weighted by Crippen LogP contribution is 2.23. The lowest BCUT2D eigenvalue weighted by Crippen LogP contribution is -2.40. The zero-order chi connectivity index (χ0) is 15.5. The minimum atomic E-state index is -0.262. The Kier molecular flexibility index (Phi) is 4.55. The fraction of sp³-hybridized carbons (Fsp3) is 0.353. The first kappa shape index (κ1) is 15.2. The van der Waals surface area contributed by atoms with E-state index < -0.39 is 0 Å². The average Bonchev–Trinajstić information content (AvgIpc) is 2.95. The number of carbonyl (C=O) groups excluding carboxylic acids is 1. The van der Waals surface area contributed by atoms with E-state index in [9.17, 15) is 9.18 Å². The number of amides is 1. The van der Waals surface area contributed by atoms with Gasteiger partial charge in [0.1, 0.15) is 5.82 Å². The second-order valence-electron chi connectivity index (χ2n) is 5.67. The average molecular weight is 318 g/mol. The molecule has 0 spiro atoms. The Morgan fingerprint density at radius 1 is 1.36 bits per heavy atom. The molecule has 0 saturated heterocycles. The summed E-state index contributed by atoms with van der Waals surface area (Å²) in [7, 11) is 0. The van der Waals surface area contributed by atoms with Gasteiger partial charge in [-0.05, 0) is 48.1 Å². The number of hydrogen-bond donors (Lipinski definition) is 1. The molecule has 0 unspecified atom stereocenters. The maximum atomic E-state index is 12.9. The summed E-state index contributed by atoms with van der Waals surface area (Å²) >= 11 is 1.80. The topological polar surface area (TPSA) is 32.3 Å². The Morgan fingerprint density at radius 3 is 2.91 bits per heavy atom. The number of rotatable bonds is 4. The highest BCUT2D eigenvalue weighted by atomic mass is 32.1. The molecule has 3 rings (SSSR count). The normalized spacial score (nSPS) is 16.1. The van der Waals surface area contributed by atoms with Gasteiger partial charge in [-0.25, -0.2) is 4.39 Å². The fourth-order valence-corrected chi connectivity index (χ4v) is 3.66. The van der Waals surface area contributed by atoms with Crippen molar-refractivity contribution in [3.63, 3.8) is 0 Å². The summed E-state index contributed by atoms with van der Waals surface area (Å²) in [5, 5.41) is 5.10. The molecule has 1 atom stereocenters. The number of nitrogens with zero attached hydrogens (tertiary/aromatic N) is 1. The first-order chi connectivity index (χ1) is 10.6. The second-order valence-corrected chi connectivity index (χ2v) is 6.67. The third-order valence-corrected chi connectivity index (χ3v) is 5.02. The first-order valence-corrected chi connectivity index (χ1v) is 8.32. The van der Waals surface area contributed by atoms with Crippen LogP contribution in [0.5, 0.6) is 0 Å². The lowest BCUT2D eigenvalue weighted by atomic mass is 10.1. The van der Waals surface area contributed by atoms with E-state index in [4.69, 9.17) is 0 Å². The molecule has 0 bridgehead atoms. The lowest BCUT2D eigenvalue weighted by molar-refractivity contribution is -0.123. The van der Waals surface area contributed by atoms with Crippen LogP contribution >= 0.6 is 11.3 Å². The van der Waals surface area contributed by atoms with Gasteiger partial charge in [0.15, 0.2) is 0 Å². The van der Waals surface area contributed by atoms with E-state index in [0.717, 1.165) is 25.1 Å². The molecule has 1 aliphatic heterocycles. The number of nitrogens with one attached hydrogen (secondary N) is 1. The summed E-state index contributed by atoms with van der Waals surface area (Å²) < 4.78 is 12.9.